The molecule has 1 aliphatic heterocycles. The minimum absolute atomic E-state index is 0.0530. The SMILES string of the molecule is CC1(C)CC(Oc2cc(Cl)ccc2Cl)CC(C)(C)N1. The number of hydrogen-bond acceptors (Lipinski definition) is 2. The number of benzene rings is 1. The third kappa shape index (κ3) is 4.01. The maximum absolute atomic E-state index is 6.16. The van der Waals surface area contributed by atoms with Gasteiger partial charge in [-0.3, -0.25) is 0 Å². The number of ether oxygens (including phenoxy) is 1. The summed E-state index contributed by atoms with van der Waals surface area (Å²) in [4.78, 5) is 0. The molecule has 2 rings (SSSR count). The van der Waals surface area contributed by atoms with Gasteiger partial charge in [0, 0.05) is 35.0 Å². The predicted molar refractivity (Wildman–Crippen MR) is 81.4 cm³/mol. The first-order valence-corrected chi connectivity index (χ1v) is 7.34. The molecule has 1 N–H and O–H groups in total. The summed E-state index contributed by atoms with van der Waals surface area (Å²) in [6.45, 7) is 8.79. The molecule has 0 saturated carbocycles. The van der Waals surface area contributed by atoms with E-state index >= 15 is 0 Å². The highest BCUT2D eigenvalue weighted by Crippen LogP contribution is 2.34. The Balaban J connectivity index is 2.16. The first-order chi connectivity index (χ1) is 8.67. The van der Waals surface area contributed by atoms with E-state index in [1.165, 1.54) is 0 Å². The molecule has 0 aromatic heterocycles. The average Bonchev–Trinajstić information content (AvgIpc) is 2.18. The van der Waals surface area contributed by atoms with Crippen LogP contribution in [0, 0.1) is 0 Å². The van der Waals surface area contributed by atoms with Gasteiger partial charge in [-0.2, -0.15) is 0 Å². The van der Waals surface area contributed by atoms with Crippen molar-refractivity contribution >= 4 is 23.2 Å². The van der Waals surface area contributed by atoms with E-state index in [1.807, 2.05) is 0 Å². The van der Waals surface area contributed by atoms with E-state index in [-0.39, 0.29) is 17.2 Å². The van der Waals surface area contributed by atoms with Crippen LogP contribution in [0.25, 0.3) is 0 Å². The summed E-state index contributed by atoms with van der Waals surface area (Å²) >= 11 is 12.2. The van der Waals surface area contributed by atoms with Crippen molar-refractivity contribution in [3.05, 3.63) is 28.2 Å². The molecule has 4 heteroatoms. The molecule has 0 spiro atoms. The molecule has 19 heavy (non-hydrogen) atoms. The van der Waals surface area contributed by atoms with E-state index in [2.05, 4.69) is 33.0 Å². The monoisotopic (exact) mass is 301 g/mol. The second-order valence-electron chi connectivity index (χ2n) is 6.62. The van der Waals surface area contributed by atoms with Crippen LogP contribution < -0.4 is 10.1 Å². The largest absolute Gasteiger partial charge is 0.489 e. The van der Waals surface area contributed by atoms with Gasteiger partial charge in [-0.1, -0.05) is 23.2 Å². The second kappa shape index (κ2) is 5.16. The van der Waals surface area contributed by atoms with Crippen LogP contribution in [-0.4, -0.2) is 17.2 Å². The van der Waals surface area contributed by atoms with Crippen molar-refractivity contribution in [3.8, 4) is 5.75 Å². The fourth-order valence-corrected chi connectivity index (χ4v) is 3.38. The number of hydrogen-bond donors (Lipinski definition) is 1. The minimum atomic E-state index is 0.0530. The summed E-state index contributed by atoms with van der Waals surface area (Å²) in [5.74, 6) is 0.674. The summed E-state index contributed by atoms with van der Waals surface area (Å²) in [6.07, 6.45) is 2.03. The summed E-state index contributed by atoms with van der Waals surface area (Å²) in [6, 6.07) is 5.33. The molecule has 1 aliphatic rings. The lowest BCUT2D eigenvalue weighted by Crippen LogP contribution is -2.60. The molecule has 0 atom stereocenters. The maximum Gasteiger partial charge on any atom is 0.139 e. The molecule has 0 amide bonds. The van der Waals surface area contributed by atoms with Crippen molar-refractivity contribution in [2.45, 2.75) is 57.7 Å². The minimum Gasteiger partial charge on any atom is -0.489 e. The highest BCUT2D eigenvalue weighted by Gasteiger charge is 2.38. The number of piperidine rings is 1. The van der Waals surface area contributed by atoms with Crippen LogP contribution in [0.1, 0.15) is 40.5 Å². The van der Waals surface area contributed by atoms with Gasteiger partial charge in [0.05, 0.1) is 5.02 Å². The van der Waals surface area contributed by atoms with Crippen molar-refractivity contribution in [1.82, 2.24) is 5.32 Å². The topological polar surface area (TPSA) is 21.3 Å². The standard InChI is InChI=1S/C15H21Cl2NO/c1-14(2)8-11(9-15(3,4)18-14)19-13-7-10(16)5-6-12(13)17/h5-7,11,18H,8-9H2,1-4H3. The quantitative estimate of drug-likeness (QED) is 0.856. The molecule has 1 heterocycles. The molecule has 0 bridgehead atoms. The molecule has 2 nitrogen and oxygen atoms in total. The van der Waals surface area contributed by atoms with Crippen LogP contribution in [0.4, 0.5) is 0 Å². The molecule has 1 fully saturated rings. The molecule has 1 aromatic carbocycles. The molecule has 0 aliphatic carbocycles. The fraction of sp³-hybridized carbons (Fsp3) is 0.600. The van der Waals surface area contributed by atoms with E-state index in [0.717, 1.165) is 12.8 Å². The van der Waals surface area contributed by atoms with Gasteiger partial charge in [0.2, 0.25) is 0 Å². The van der Waals surface area contributed by atoms with Gasteiger partial charge < -0.3 is 10.1 Å². The Morgan fingerprint density at radius 1 is 1.11 bits per heavy atom. The molecule has 0 unspecified atom stereocenters. The Kier molecular flexibility index (Phi) is 4.06. The Morgan fingerprint density at radius 2 is 1.68 bits per heavy atom. The van der Waals surface area contributed by atoms with E-state index in [9.17, 15) is 0 Å². The van der Waals surface area contributed by atoms with Gasteiger partial charge in [-0.25, -0.2) is 0 Å². The lowest BCUT2D eigenvalue weighted by Gasteiger charge is -2.46. The molecular weight excluding hydrogens is 281 g/mol. The van der Waals surface area contributed by atoms with Gasteiger partial charge >= 0.3 is 0 Å². The zero-order valence-electron chi connectivity index (χ0n) is 11.9. The van der Waals surface area contributed by atoms with Gasteiger partial charge in [0.1, 0.15) is 11.9 Å². The van der Waals surface area contributed by atoms with Crippen LogP contribution in [0.2, 0.25) is 10.0 Å². The van der Waals surface area contributed by atoms with Crippen LogP contribution in [-0.2, 0) is 0 Å². The van der Waals surface area contributed by atoms with Gasteiger partial charge in [0.15, 0.2) is 0 Å². The Labute approximate surface area is 125 Å². The normalized spacial score (nSPS) is 22.2. The zero-order chi connectivity index (χ0) is 14.3. The highest BCUT2D eigenvalue weighted by molar-refractivity contribution is 6.34. The summed E-state index contributed by atoms with van der Waals surface area (Å²) in [5.41, 5.74) is 0.106. The lowest BCUT2D eigenvalue weighted by atomic mass is 9.81. The summed E-state index contributed by atoms with van der Waals surface area (Å²) in [7, 11) is 0. The Morgan fingerprint density at radius 3 is 2.26 bits per heavy atom. The van der Waals surface area contributed by atoms with Crippen LogP contribution >= 0.6 is 23.2 Å². The number of rotatable bonds is 2. The Bertz CT molecular complexity index is 455. The van der Waals surface area contributed by atoms with Crippen LogP contribution in [0.3, 0.4) is 0 Å². The maximum atomic E-state index is 6.16. The molecule has 0 radical (unpaired) electrons. The summed E-state index contributed by atoms with van der Waals surface area (Å²) < 4.78 is 6.08. The van der Waals surface area contributed by atoms with E-state index in [0.29, 0.717) is 15.8 Å². The molecular formula is C15H21Cl2NO. The van der Waals surface area contributed by atoms with Crippen molar-refractivity contribution in [2.24, 2.45) is 0 Å². The van der Waals surface area contributed by atoms with Crippen LogP contribution in [0.15, 0.2) is 18.2 Å². The van der Waals surface area contributed by atoms with Crippen molar-refractivity contribution in [3.63, 3.8) is 0 Å². The Hall–Kier alpha value is -0.440. The second-order valence-corrected chi connectivity index (χ2v) is 7.46. The van der Waals surface area contributed by atoms with E-state index in [4.69, 9.17) is 27.9 Å². The van der Waals surface area contributed by atoms with Gasteiger partial charge in [0.25, 0.3) is 0 Å². The molecule has 106 valence electrons. The fourth-order valence-electron chi connectivity index (χ4n) is 3.06. The average molecular weight is 302 g/mol. The highest BCUT2D eigenvalue weighted by atomic mass is 35.5. The van der Waals surface area contributed by atoms with Crippen molar-refractivity contribution < 1.29 is 4.74 Å². The molecule has 1 saturated heterocycles. The van der Waals surface area contributed by atoms with Gasteiger partial charge in [-0.15, -0.1) is 0 Å². The summed E-state index contributed by atoms with van der Waals surface area (Å²) in [5, 5.41) is 4.89. The van der Waals surface area contributed by atoms with Gasteiger partial charge in [-0.05, 0) is 39.8 Å². The smallest absolute Gasteiger partial charge is 0.139 e. The third-order valence-electron chi connectivity index (χ3n) is 3.34. The zero-order valence-corrected chi connectivity index (χ0v) is 13.4. The van der Waals surface area contributed by atoms with Crippen molar-refractivity contribution in [1.29, 1.82) is 0 Å². The lowest BCUT2D eigenvalue weighted by molar-refractivity contribution is 0.0560. The van der Waals surface area contributed by atoms with E-state index < -0.39 is 0 Å². The van der Waals surface area contributed by atoms with Crippen LogP contribution in [0.5, 0.6) is 5.75 Å². The van der Waals surface area contributed by atoms with Crippen molar-refractivity contribution in [2.75, 3.05) is 0 Å². The van der Waals surface area contributed by atoms with E-state index in [1.54, 1.807) is 18.2 Å². The number of halogens is 2. The first-order valence-electron chi connectivity index (χ1n) is 6.58. The predicted octanol–water partition coefficient (Wildman–Crippen LogP) is 4.68. The third-order valence-corrected chi connectivity index (χ3v) is 3.89. The number of nitrogens with one attached hydrogen (secondary N) is 1. The first kappa shape index (κ1) is 15.0. The molecule has 1 aromatic rings.